The van der Waals surface area contributed by atoms with E-state index < -0.39 is 5.97 Å². The van der Waals surface area contributed by atoms with Crippen molar-refractivity contribution < 1.29 is 9.90 Å². The summed E-state index contributed by atoms with van der Waals surface area (Å²) in [6.45, 7) is 5.62. The van der Waals surface area contributed by atoms with E-state index in [0.717, 1.165) is 38.8 Å². The van der Waals surface area contributed by atoms with Crippen molar-refractivity contribution in [1.29, 1.82) is 0 Å². The van der Waals surface area contributed by atoms with Gasteiger partial charge in [0.2, 0.25) is 0 Å². The second-order valence-corrected chi connectivity index (χ2v) is 5.73. The zero-order valence-corrected chi connectivity index (χ0v) is 11.4. The second-order valence-electron chi connectivity index (χ2n) is 5.73. The van der Waals surface area contributed by atoms with Crippen LogP contribution < -0.4 is 5.32 Å². The maximum absolute atomic E-state index is 11.0. The van der Waals surface area contributed by atoms with E-state index in [1.165, 1.54) is 19.4 Å². The van der Waals surface area contributed by atoms with Gasteiger partial charge in [-0.3, -0.25) is 9.69 Å². The molecule has 4 heteroatoms. The quantitative estimate of drug-likeness (QED) is 0.784. The van der Waals surface area contributed by atoms with Gasteiger partial charge in [0.25, 0.3) is 0 Å². The number of nitrogens with one attached hydrogen (secondary N) is 1. The Hall–Kier alpha value is -0.610. The Morgan fingerprint density at radius 2 is 2.17 bits per heavy atom. The molecule has 1 heterocycles. The molecular weight excluding hydrogens is 228 g/mol. The van der Waals surface area contributed by atoms with E-state index in [1.54, 1.807) is 0 Å². The first-order valence-corrected chi connectivity index (χ1v) is 7.41. The summed E-state index contributed by atoms with van der Waals surface area (Å²) >= 11 is 0. The normalized spacial score (nSPS) is 33.7. The number of rotatable bonds is 5. The van der Waals surface area contributed by atoms with Gasteiger partial charge in [0, 0.05) is 18.6 Å². The Balaban J connectivity index is 1.74. The van der Waals surface area contributed by atoms with Crippen molar-refractivity contribution in [1.82, 2.24) is 10.2 Å². The van der Waals surface area contributed by atoms with Crippen LogP contribution in [0.25, 0.3) is 0 Å². The van der Waals surface area contributed by atoms with E-state index in [1.807, 2.05) is 0 Å². The van der Waals surface area contributed by atoms with E-state index in [9.17, 15) is 4.79 Å². The fourth-order valence-electron chi connectivity index (χ4n) is 3.44. The molecule has 0 spiro atoms. The van der Waals surface area contributed by atoms with Crippen molar-refractivity contribution in [3.63, 3.8) is 0 Å². The molecule has 0 aromatic heterocycles. The van der Waals surface area contributed by atoms with Crippen molar-refractivity contribution >= 4 is 5.97 Å². The molecule has 4 nitrogen and oxygen atoms in total. The highest BCUT2D eigenvalue weighted by molar-refractivity contribution is 5.70. The number of nitrogens with zero attached hydrogens (tertiary/aromatic N) is 1. The van der Waals surface area contributed by atoms with Gasteiger partial charge in [-0.2, -0.15) is 0 Å². The molecule has 0 radical (unpaired) electrons. The lowest BCUT2D eigenvalue weighted by molar-refractivity contribution is -0.143. The van der Waals surface area contributed by atoms with Gasteiger partial charge >= 0.3 is 5.97 Å². The average Bonchev–Trinajstić information content (AvgIpc) is 2.84. The van der Waals surface area contributed by atoms with Gasteiger partial charge in [0.15, 0.2) is 0 Å². The molecule has 2 N–H and O–H groups in total. The highest BCUT2D eigenvalue weighted by Crippen LogP contribution is 2.25. The van der Waals surface area contributed by atoms with Crippen molar-refractivity contribution in [2.24, 2.45) is 5.92 Å². The average molecular weight is 254 g/mol. The lowest BCUT2D eigenvalue weighted by Crippen LogP contribution is -2.44. The fraction of sp³-hybridized carbons (Fsp3) is 0.929. The van der Waals surface area contributed by atoms with Crippen LogP contribution in [0.1, 0.15) is 45.4 Å². The van der Waals surface area contributed by atoms with Crippen LogP contribution in [0.5, 0.6) is 0 Å². The highest BCUT2D eigenvalue weighted by Gasteiger charge is 2.28. The molecule has 3 unspecified atom stereocenters. The number of carboxylic acid groups (broad SMARTS) is 1. The van der Waals surface area contributed by atoms with Crippen LogP contribution in [-0.2, 0) is 4.79 Å². The van der Waals surface area contributed by atoms with Crippen molar-refractivity contribution in [3.8, 4) is 0 Å². The molecule has 0 aromatic rings. The first-order valence-electron chi connectivity index (χ1n) is 7.41. The van der Waals surface area contributed by atoms with E-state index >= 15 is 0 Å². The summed E-state index contributed by atoms with van der Waals surface area (Å²) in [7, 11) is 0. The number of carboxylic acids is 1. The molecule has 2 rings (SSSR count). The summed E-state index contributed by atoms with van der Waals surface area (Å²) in [5.41, 5.74) is 0. The summed E-state index contributed by atoms with van der Waals surface area (Å²) in [6.07, 6.45) is 6.46. The van der Waals surface area contributed by atoms with Gasteiger partial charge in [-0.25, -0.2) is 0 Å². The van der Waals surface area contributed by atoms with Gasteiger partial charge in [0.05, 0.1) is 5.92 Å². The van der Waals surface area contributed by atoms with Crippen molar-refractivity contribution in [2.45, 2.75) is 57.5 Å². The van der Waals surface area contributed by atoms with Crippen LogP contribution in [0.2, 0.25) is 0 Å². The Bertz CT molecular complexity index is 283. The molecule has 1 saturated heterocycles. The Morgan fingerprint density at radius 3 is 2.89 bits per heavy atom. The number of aliphatic carboxylic acids is 1. The van der Waals surface area contributed by atoms with Gasteiger partial charge in [-0.1, -0.05) is 13.3 Å². The van der Waals surface area contributed by atoms with Crippen LogP contribution in [0.3, 0.4) is 0 Å². The molecule has 104 valence electrons. The predicted octanol–water partition coefficient (Wildman–Crippen LogP) is 1.70. The minimum atomic E-state index is -0.613. The van der Waals surface area contributed by atoms with Gasteiger partial charge in [0.1, 0.15) is 0 Å². The third kappa shape index (κ3) is 3.45. The van der Waals surface area contributed by atoms with Crippen LogP contribution in [0, 0.1) is 5.92 Å². The lowest BCUT2D eigenvalue weighted by atomic mass is 9.85. The van der Waals surface area contributed by atoms with E-state index in [4.69, 9.17) is 5.11 Å². The number of carbonyl (C=O) groups is 1. The minimum Gasteiger partial charge on any atom is -0.481 e. The smallest absolute Gasteiger partial charge is 0.306 e. The van der Waals surface area contributed by atoms with E-state index in [-0.39, 0.29) is 5.92 Å². The summed E-state index contributed by atoms with van der Waals surface area (Å²) < 4.78 is 0. The monoisotopic (exact) mass is 254 g/mol. The maximum atomic E-state index is 11.0. The van der Waals surface area contributed by atoms with Crippen LogP contribution in [0.4, 0.5) is 0 Å². The van der Waals surface area contributed by atoms with Crippen LogP contribution in [0.15, 0.2) is 0 Å². The largest absolute Gasteiger partial charge is 0.481 e. The number of likely N-dealkylation sites (N-methyl/N-ethyl adjacent to an activating group) is 1. The fourth-order valence-corrected chi connectivity index (χ4v) is 3.44. The Labute approximate surface area is 110 Å². The Morgan fingerprint density at radius 1 is 1.33 bits per heavy atom. The molecule has 0 amide bonds. The highest BCUT2D eigenvalue weighted by atomic mass is 16.4. The molecule has 2 fully saturated rings. The first-order chi connectivity index (χ1) is 8.70. The zero-order chi connectivity index (χ0) is 13.0. The van der Waals surface area contributed by atoms with Crippen LogP contribution in [-0.4, -0.2) is 47.7 Å². The van der Waals surface area contributed by atoms with Crippen molar-refractivity contribution in [2.75, 3.05) is 19.6 Å². The minimum absolute atomic E-state index is 0.123. The van der Waals surface area contributed by atoms with E-state index in [0.29, 0.717) is 12.1 Å². The first kappa shape index (κ1) is 13.8. The molecule has 1 aliphatic carbocycles. The summed E-state index contributed by atoms with van der Waals surface area (Å²) in [5.74, 6) is -0.736. The topological polar surface area (TPSA) is 52.6 Å². The third-order valence-corrected chi connectivity index (χ3v) is 4.57. The Kier molecular flexibility index (Phi) is 5.01. The number of likely N-dealkylation sites (tertiary alicyclic amines) is 1. The standard InChI is InChI=1S/C14H26N2O2/c1-2-16-8-4-7-13(16)10-15-12-6-3-5-11(9-12)14(17)18/h11-13,15H,2-10H2,1H3,(H,17,18). The number of hydrogen-bond acceptors (Lipinski definition) is 3. The molecule has 0 aromatic carbocycles. The lowest BCUT2D eigenvalue weighted by Gasteiger charge is -2.30. The van der Waals surface area contributed by atoms with Gasteiger partial charge in [-0.15, -0.1) is 0 Å². The maximum Gasteiger partial charge on any atom is 0.306 e. The molecule has 18 heavy (non-hydrogen) atoms. The summed E-state index contributed by atoms with van der Waals surface area (Å²) in [6, 6.07) is 1.08. The van der Waals surface area contributed by atoms with Crippen molar-refractivity contribution in [3.05, 3.63) is 0 Å². The second kappa shape index (κ2) is 6.53. The van der Waals surface area contributed by atoms with Gasteiger partial charge in [-0.05, 0) is 45.2 Å². The molecule has 0 bridgehead atoms. The molecule has 1 saturated carbocycles. The van der Waals surface area contributed by atoms with Gasteiger partial charge < -0.3 is 10.4 Å². The predicted molar refractivity (Wildman–Crippen MR) is 71.7 cm³/mol. The summed E-state index contributed by atoms with van der Waals surface area (Å²) in [5, 5.41) is 12.7. The van der Waals surface area contributed by atoms with Crippen LogP contribution >= 0.6 is 0 Å². The molecule has 3 atom stereocenters. The zero-order valence-electron chi connectivity index (χ0n) is 11.4. The summed E-state index contributed by atoms with van der Waals surface area (Å²) in [4.78, 5) is 13.6. The molecule has 1 aliphatic heterocycles. The SMILES string of the molecule is CCN1CCCC1CNC1CCCC(C(=O)O)C1. The molecular formula is C14H26N2O2. The number of hydrogen-bond donors (Lipinski definition) is 2. The third-order valence-electron chi connectivity index (χ3n) is 4.57. The van der Waals surface area contributed by atoms with E-state index in [2.05, 4.69) is 17.1 Å². The molecule has 2 aliphatic rings.